The van der Waals surface area contributed by atoms with Crippen LogP contribution in [-0.4, -0.2) is 46.7 Å². The van der Waals surface area contributed by atoms with Crippen LogP contribution in [0.1, 0.15) is 26.2 Å². The van der Waals surface area contributed by atoms with Crippen LogP contribution in [0.25, 0.3) is 0 Å². The summed E-state index contributed by atoms with van der Waals surface area (Å²) in [4.78, 5) is 55.7. The Kier molecular flexibility index (Phi) is 7.73. The lowest BCUT2D eigenvalue weighted by atomic mass is 9.95. The van der Waals surface area contributed by atoms with Gasteiger partial charge in [0.2, 0.25) is 17.7 Å². The zero-order valence-electron chi connectivity index (χ0n) is 12.1. The highest BCUT2D eigenvalue weighted by molar-refractivity contribution is 6.00. The maximum atomic E-state index is 11.8. The molecule has 0 rings (SSSR count). The van der Waals surface area contributed by atoms with Crippen molar-refractivity contribution in [1.29, 1.82) is 0 Å². The molecule has 0 saturated carbocycles. The molecule has 0 bridgehead atoms. The second-order valence-electron chi connectivity index (χ2n) is 4.81. The summed E-state index contributed by atoms with van der Waals surface area (Å²) in [6, 6.07) is -2.65. The molecule has 8 N–H and O–H groups in total. The standard InChI is InChI=1S/C12H20N4O6/c1-5(17)6(10(15)19)4-7(13)11(20)16-8(12(21)22)2-3-9(14)18/h6-8H,2-4,13H2,1H3,(H2,14,18)(H2,15,19)(H,16,20)(H,21,22)/t6?,7-,8-/m0/s1. The van der Waals surface area contributed by atoms with Crippen LogP contribution in [0.5, 0.6) is 0 Å². The molecule has 0 aliphatic heterocycles. The molecular weight excluding hydrogens is 296 g/mol. The van der Waals surface area contributed by atoms with Crippen molar-refractivity contribution >= 4 is 29.5 Å². The fraction of sp³-hybridized carbons (Fsp3) is 0.583. The largest absolute Gasteiger partial charge is 0.480 e. The number of carbonyl (C=O) groups is 5. The molecule has 1 unspecified atom stereocenters. The van der Waals surface area contributed by atoms with Crippen molar-refractivity contribution in [2.45, 2.75) is 38.3 Å². The molecule has 0 aliphatic rings. The molecule has 0 aromatic rings. The first kappa shape index (κ1) is 19.5. The van der Waals surface area contributed by atoms with Crippen molar-refractivity contribution in [3.05, 3.63) is 0 Å². The third-order valence-corrected chi connectivity index (χ3v) is 2.95. The van der Waals surface area contributed by atoms with E-state index in [9.17, 15) is 24.0 Å². The minimum Gasteiger partial charge on any atom is -0.480 e. The van der Waals surface area contributed by atoms with Crippen LogP contribution >= 0.6 is 0 Å². The number of carboxylic acid groups (broad SMARTS) is 1. The number of carboxylic acids is 1. The van der Waals surface area contributed by atoms with E-state index >= 15 is 0 Å². The van der Waals surface area contributed by atoms with Gasteiger partial charge in [-0.15, -0.1) is 0 Å². The molecule has 0 aliphatic carbocycles. The van der Waals surface area contributed by atoms with E-state index in [2.05, 4.69) is 5.32 Å². The van der Waals surface area contributed by atoms with Gasteiger partial charge in [-0.1, -0.05) is 0 Å². The van der Waals surface area contributed by atoms with Gasteiger partial charge in [-0.25, -0.2) is 4.79 Å². The Balaban J connectivity index is 4.71. The van der Waals surface area contributed by atoms with Crippen LogP contribution in [0.2, 0.25) is 0 Å². The average Bonchev–Trinajstić information content (AvgIpc) is 2.38. The average molecular weight is 316 g/mol. The lowest BCUT2D eigenvalue weighted by Crippen LogP contribution is -2.50. The number of nitrogens with two attached hydrogens (primary N) is 3. The minimum absolute atomic E-state index is 0.199. The Morgan fingerprint density at radius 1 is 1.14 bits per heavy atom. The van der Waals surface area contributed by atoms with E-state index in [4.69, 9.17) is 22.3 Å². The normalized spacial score (nSPS) is 14.5. The van der Waals surface area contributed by atoms with E-state index in [0.29, 0.717) is 0 Å². The third kappa shape index (κ3) is 6.79. The number of hydrogen-bond acceptors (Lipinski definition) is 6. The van der Waals surface area contributed by atoms with Gasteiger partial charge in [-0.2, -0.15) is 0 Å². The molecule has 0 fully saturated rings. The maximum absolute atomic E-state index is 11.8. The molecule has 3 amide bonds. The first-order chi connectivity index (χ1) is 10.1. The molecule has 3 atom stereocenters. The molecule has 124 valence electrons. The fourth-order valence-corrected chi connectivity index (χ4v) is 1.67. The van der Waals surface area contributed by atoms with Gasteiger partial charge in [-0.05, 0) is 19.8 Å². The van der Waals surface area contributed by atoms with E-state index < -0.39 is 47.5 Å². The zero-order chi connectivity index (χ0) is 17.4. The Morgan fingerprint density at radius 3 is 2.05 bits per heavy atom. The highest BCUT2D eigenvalue weighted by Crippen LogP contribution is 2.08. The lowest BCUT2D eigenvalue weighted by molar-refractivity contribution is -0.142. The summed E-state index contributed by atoms with van der Waals surface area (Å²) in [6.45, 7) is 1.13. The molecule has 0 heterocycles. The topological polar surface area (TPSA) is 196 Å². The SMILES string of the molecule is CC(=O)C(C[C@H](N)C(=O)N[C@@H](CCC(N)=O)C(=O)O)C(N)=O. The maximum Gasteiger partial charge on any atom is 0.326 e. The second kappa shape index (κ2) is 8.72. The number of amides is 3. The first-order valence-corrected chi connectivity index (χ1v) is 6.43. The van der Waals surface area contributed by atoms with Gasteiger partial charge in [0.05, 0.1) is 12.0 Å². The highest BCUT2D eigenvalue weighted by Gasteiger charge is 2.29. The van der Waals surface area contributed by atoms with Gasteiger partial charge in [0.1, 0.15) is 11.8 Å². The summed E-state index contributed by atoms with van der Waals surface area (Å²) in [5.74, 6) is -5.63. The van der Waals surface area contributed by atoms with Crippen molar-refractivity contribution in [3.8, 4) is 0 Å². The Morgan fingerprint density at radius 2 is 1.68 bits per heavy atom. The summed E-state index contributed by atoms with van der Waals surface area (Å²) in [5.41, 5.74) is 15.5. The molecule has 0 spiro atoms. The van der Waals surface area contributed by atoms with Gasteiger partial charge < -0.3 is 27.6 Å². The van der Waals surface area contributed by atoms with Crippen molar-refractivity contribution < 1.29 is 29.1 Å². The summed E-state index contributed by atoms with van der Waals surface area (Å²) >= 11 is 0. The van der Waals surface area contributed by atoms with Gasteiger partial charge >= 0.3 is 5.97 Å². The van der Waals surface area contributed by atoms with Gasteiger partial charge in [0, 0.05) is 6.42 Å². The lowest BCUT2D eigenvalue weighted by Gasteiger charge is -2.19. The van der Waals surface area contributed by atoms with Crippen LogP contribution in [0.3, 0.4) is 0 Å². The number of primary amides is 2. The summed E-state index contributed by atoms with van der Waals surface area (Å²) < 4.78 is 0. The van der Waals surface area contributed by atoms with E-state index in [-0.39, 0.29) is 19.3 Å². The second-order valence-corrected chi connectivity index (χ2v) is 4.81. The molecule has 10 nitrogen and oxygen atoms in total. The zero-order valence-corrected chi connectivity index (χ0v) is 12.1. The number of carbonyl (C=O) groups excluding carboxylic acids is 4. The monoisotopic (exact) mass is 316 g/mol. The number of hydrogen-bond donors (Lipinski definition) is 5. The molecule has 10 heteroatoms. The number of Topliss-reactive ketones (excluding diaryl/α,β-unsaturated/α-hetero) is 1. The smallest absolute Gasteiger partial charge is 0.326 e. The molecule has 0 saturated heterocycles. The Bertz CT molecular complexity index is 464. The summed E-state index contributed by atoms with van der Waals surface area (Å²) in [5, 5.41) is 11.1. The fourth-order valence-electron chi connectivity index (χ4n) is 1.67. The van der Waals surface area contributed by atoms with Crippen LogP contribution in [-0.2, 0) is 24.0 Å². The molecule has 0 aromatic carbocycles. The van der Waals surface area contributed by atoms with Crippen LogP contribution < -0.4 is 22.5 Å². The van der Waals surface area contributed by atoms with Crippen LogP contribution in [0.4, 0.5) is 0 Å². The van der Waals surface area contributed by atoms with Crippen molar-refractivity contribution in [2.75, 3.05) is 0 Å². The minimum atomic E-state index is -1.36. The molecular formula is C12H20N4O6. The predicted octanol–water partition coefficient (Wildman–Crippen LogP) is -2.77. The predicted molar refractivity (Wildman–Crippen MR) is 74.0 cm³/mol. The van der Waals surface area contributed by atoms with Crippen LogP contribution in [0.15, 0.2) is 0 Å². The van der Waals surface area contributed by atoms with Gasteiger partial charge in [0.25, 0.3) is 0 Å². The van der Waals surface area contributed by atoms with E-state index in [1.807, 2.05) is 0 Å². The third-order valence-electron chi connectivity index (χ3n) is 2.95. The number of rotatable bonds is 10. The Hall–Kier alpha value is -2.49. The molecule has 0 aromatic heterocycles. The molecule has 0 radical (unpaired) electrons. The van der Waals surface area contributed by atoms with Gasteiger partial charge in [-0.3, -0.25) is 19.2 Å². The van der Waals surface area contributed by atoms with Crippen LogP contribution in [0, 0.1) is 5.92 Å². The van der Waals surface area contributed by atoms with E-state index in [1.165, 1.54) is 0 Å². The summed E-state index contributed by atoms with van der Waals surface area (Å²) in [7, 11) is 0. The number of aliphatic carboxylic acids is 1. The summed E-state index contributed by atoms with van der Waals surface area (Å²) in [6.07, 6.45) is -0.766. The van der Waals surface area contributed by atoms with E-state index in [1.54, 1.807) is 0 Å². The van der Waals surface area contributed by atoms with Gasteiger partial charge in [0.15, 0.2) is 0 Å². The Labute approximate surface area is 126 Å². The number of ketones is 1. The van der Waals surface area contributed by atoms with Crippen molar-refractivity contribution in [3.63, 3.8) is 0 Å². The van der Waals surface area contributed by atoms with Crippen molar-refractivity contribution in [2.24, 2.45) is 23.1 Å². The molecule has 22 heavy (non-hydrogen) atoms. The highest BCUT2D eigenvalue weighted by atomic mass is 16.4. The number of nitrogens with one attached hydrogen (secondary N) is 1. The van der Waals surface area contributed by atoms with E-state index in [0.717, 1.165) is 6.92 Å². The van der Waals surface area contributed by atoms with Crippen molar-refractivity contribution in [1.82, 2.24) is 5.32 Å². The quantitative estimate of drug-likeness (QED) is 0.269. The first-order valence-electron chi connectivity index (χ1n) is 6.43.